The lowest BCUT2D eigenvalue weighted by molar-refractivity contribution is -0.192. The van der Waals surface area contributed by atoms with E-state index in [4.69, 9.17) is 9.90 Å². The lowest BCUT2D eigenvalue weighted by Crippen LogP contribution is -2.47. The summed E-state index contributed by atoms with van der Waals surface area (Å²) in [4.78, 5) is 25.8. The van der Waals surface area contributed by atoms with Gasteiger partial charge < -0.3 is 20.0 Å². The Hall–Kier alpha value is -3.32. The Morgan fingerprint density at radius 3 is 2.02 bits per heavy atom. The fourth-order valence-corrected chi connectivity index (χ4v) is 5.97. The van der Waals surface area contributed by atoms with Crippen molar-refractivity contribution in [3.63, 3.8) is 0 Å². The number of aliphatic carboxylic acids is 1. The van der Waals surface area contributed by atoms with Gasteiger partial charge in [-0.2, -0.15) is 13.2 Å². The molecular formula is C27H34F3N3O6S. The van der Waals surface area contributed by atoms with Gasteiger partial charge in [-0.3, -0.25) is 4.72 Å². The molecule has 0 saturated carbocycles. The Kier molecular flexibility index (Phi) is 10.4. The van der Waals surface area contributed by atoms with Gasteiger partial charge in [0.05, 0.1) is 16.1 Å². The molecule has 220 valence electrons. The number of piperidine rings is 2. The van der Waals surface area contributed by atoms with Crippen LogP contribution in [0.3, 0.4) is 0 Å². The second kappa shape index (κ2) is 13.4. The van der Waals surface area contributed by atoms with Crippen LogP contribution >= 0.6 is 0 Å². The van der Waals surface area contributed by atoms with E-state index in [0.29, 0.717) is 11.7 Å². The van der Waals surface area contributed by atoms with E-state index in [2.05, 4.69) is 14.5 Å². The van der Waals surface area contributed by atoms with Gasteiger partial charge in [-0.05, 0) is 81.1 Å². The zero-order valence-electron chi connectivity index (χ0n) is 22.2. The van der Waals surface area contributed by atoms with Crippen LogP contribution in [0.4, 0.5) is 24.5 Å². The van der Waals surface area contributed by atoms with E-state index in [1.807, 2.05) is 6.92 Å². The van der Waals surface area contributed by atoms with Gasteiger partial charge in [0.15, 0.2) is 0 Å². The number of nitrogens with zero attached hydrogens (tertiary/aromatic N) is 2. The van der Waals surface area contributed by atoms with Gasteiger partial charge in [-0.15, -0.1) is 0 Å². The fourth-order valence-electron chi connectivity index (χ4n) is 4.92. The van der Waals surface area contributed by atoms with E-state index in [1.165, 1.54) is 38.4 Å². The summed E-state index contributed by atoms with van der Waals surface area (Å²) >= 11 is 0. The number of halogens is 3. The van der Waals surface area contributed by atoms with Crippen LogP contribution in [0.15, 0.2) is 47.4 Å². The van der Waals surface area contributed by atoms with E-state index in [9.17, 15) is 31.5 Å². The van der Waals surface area contributed by atoms with Crippen molar-refractivity contribution in [2.24, 2.45) is 0 Å². The average molecular weight is 586 g/mol. The molecule has 0 spiro atoms. The molecule has 0 aromatic heterocycles. The van der Waals surface area contributed by atoms with Crippen LogP contribution in [0.5, 0.6) is 0 Å². The molecule has 0 atom stereocenters. The molecule has 13 heteroatoms. The molecular weight excluding hydrogens is 551 g/mol. The molecule has 0 amide bonds. The molecule has 0 aliphatic carbocycles. The minimum absolute atomic E-state index is 0.118. The second-order valence-electron chi connectivity index (χ2n) is 9.76. The first-order chi connectivity index (χ1) is 18.8. The van der Waals surface area contributed by atoms with E-state index in [-0.39, 0.29) is 16.1 Å². The molecule has 2 heterocycles. The molecule has 0 unspecified atom stereocenters. The number of aryl methyl sites for hydroxylation is 1. The Balaban J connectivity index is 0.000000559. The predicted molar refractivity (Wildman–Crippen MR) is 144 cm³/mol. The molecule has 4 rings (SSSR count). The monoisotopic (exact) mass is 585 g/mol. The van der Waals surface area contributed by atoms with Gasteiger partial charge >= 0.3 is 18.1 Å². The largest absolute Gasteiger partial charge is 0.490 e. The van der Waals surface area contributed by atoms with Crippen LogP contribution in [-0.4, -0.2) is 73.9 Å². The third kappa shape index (κ3) is 8.34. The maximum Gasteiger partial charge on any atom is 0.490 e. The number of anilines is 2. The quantitative estimate of drug-likeness (QED) is 0.422. The molecule has 3 N–H and O–H groups in total. The van der Waals surface area contributed by atoms with Gasteiger partial charge in [0.2, 0.25) is 0 Å². The fraction of sp³-hybridized carbons (Fsp3) is 0.481. The molecule has 40 heavy (non-hydrogen) atoms. The van der Waals surface area contributed by atoms with Crippen molar-refractivity contribution in [1.29, 1.82) is 0 Å². The van der Waals surface area contributed by atoms with Gasteiger partial charge in [0.1, 0.15) is 0 Å². The lowest BCUT2D eigenvalue weighted by Gasteiger charge is -2.41. The summed E-state index contributed by atoms with van der Waals surface area (Å²) in [6.45, 7) is 5.95. The molecule has 2 aromatic carbocycles. The third-order valence-electron chi connectivity index (χ3n) is 7.08. The van der Waals surface area contributed by atoms with Crippen molar-refractivity contribution in [3.8, 4) is 0 Å². The molecule has 2 aliphatic heterocycles. The smallest absolute Gasteiger partial charge is 0.478 e. The summed E-state index contributed by atoms with van der Waals surface area (Å²) in [6.07, 6.45) is 1.62. The zero-order valence-corrected chi connectivity index (χ0v) is 23.0. The number of carbonyl (C=O) groups is 2. The number of carboxylic acid groups (broad SMARTS) is 2. The topological polar surface area (TPSA) is 127 Å². The molecule has 2 aliphatic rings. The summed E-state index contributed by atoms with van der Waals surface area (Å²) in [6, 6.07) is 12.1. The molecule has 9 nitrogen and oxygen atoms in total. The molecule has 2 saturated heterocycles. The highest BCUT2D eigenvalue weighted by molar-refractivity contribution is 7.92. The standard InChI is InChI=1S/C25H33N3O4S.C2HF3O2/c1-2-19-6-9-22(10-7-19)33(31,32)26-20-8-11-24(23(18-20)25(29)30)28-16-12-21(13-17-28)27-14-4-3-5-15-27;3-2(4,5)1(6)7/h6-11,18,21,26H,2-5,12-17H2,1H3,(H,29,30);(H,6,7). The van der Waals surface area contributed by atoms with Crippen LogP contribution < -0.4 is 9.62 Å². The maximum absolute atomic E-state index is 12.8. The molecule has 0 bridgehead atoms. The average Bonchev–Trinajstić information content (AvgIpc) is 2.93. The summed E-state index contributed by atoms with van der Waals surface area (Å²) < 4.78 is 59.8. The highest BCUT2D eigenvalue weighted by Gasteiger charge is 2.38. The normalized spacial score (nSPS) is 17.1. The zero-order chi connectivity index (χ0) is 29.5. The summed E-state index contributed by atoms with van der Waals surface area (Å²) in [5.74, 6) is -3.82. The first-order valence-electron chi connectivity index (χ1n) is 13.1. The van der Waals surface area contributed by atoms with Crippen LogP contribution in [0.2, 0.25) is 0 Å². The Morgan fingerprint density at radius 2 is 1.52 bits per heavy atom. The first-order valence-corrected chi connectivity index (χ1v) is 14.6. The number of likely N-dealkylation sites (tertiary alicyclic amines) is 1. The van der Waals surface area contributed by atoms with Crippen LogP contribution in [0.25, 0.3) is 0 Å². The minimum Gasteiger partial charge on any atom is -0.478 e. The van der Waals surface area contributed by atoms with Crippen molar-refractivity contribution in [1.82, 2.24) is 4.90 Å². The van der Waals surface area contributed by atoms with Crippen molar-refractivity contribution in [3.05, 3.63) is 53.6 Å². The van der Waals surface area contributed by atoms with Gasteiger partial charge in [-0.1, -0.05) is 25.5 Å². The van der Waals surface area contributed by atoms with E-state index < -0.39 is 28.1 Å². The van der Waals surface area contributed by atoms with Crippen molar-refractivity contribution in [2.45, 2.75) is 62.6 Å². The van der Waals surface area contributed by atoms with Gasteiger partial charge in [-0.25, -0.2) is 18.0 Å². The Labute approximate surface area is 231 Å². The number of hydrogen-bond acceptors (Lipinski definition) is 6. The highest BCUT2D eigenvalue weighted by atomic mass is 32.2. The van der Waals surface area contributed by atoms with Crippen LogP contribution in [0.1, 0.15) is 54.9 Å². The van der Waals surface area contributed by atoms with Crippen LogP contribution in [0, 0.1) is 0 Å². The summed E-state index contributed by atoms with van der Waals surface area (Å²) in [5.41, 5.74) is 2.07. The van der Waals surface area contributed by atoms with E-state index >= 15 is 0 Å². The van der Waals surface area contributed by atoms with Gasteiger partial charge in [0.25, 0.3) is 10.0 Å². The molecule has 2 aromatic rings. The number of alkyl halides is 3. The SMILES string of the molecule is CCc1ccc(S(=O)(=O)Nc2ccc(N3CCC(N4CCCCC4)CC3)c(C(=O)O)c2)cc1.O=C(O)C(F)(F)F. The number of aromatic carboxylic acids is 1. The number of nitrogens with one attached hydrogen (secondary N) is 1. The molecule has 2 fully saturated rings. The minimum atomic E-state index is -5.08. The van der Waals surface area contributed by atoms with Crippen molar-refractivity contribution < 1.29 is 41.4 Å². The van der Waals surface area contributed by atoms with Crippen molar-refractivity contribution >= 4 is 33.3 Å². The van der Waals surface area contributed by atoms with E-state index in [1.54, 1.807) is 36.4 Å². The molecule has 0 radical (unpaired) electrons. The first kappa shape index (κ1) is 31.2. The Bertz CT molecular complexity index is 1270. The number of sulfonamides is 1. The second-order valence-corrected chi connectivity index (χ2v) is 11.4. The number of hydrogen-bond donors (Lipinski definition) is 3. The summed E-state index contributed by atoms with van der Waals surface area (Å²) in [5, 5.41) is 17.0. The number of carboxylic acids is 2. The van der Waals surface area contributed by atoms with E-state index in [0.717, 1.165) is 37.9 Å². The van der Waals surface area contributed by atoms with Crippen molar-refractivity contribution in [2.75, 3.05) is 35.8 Å². The lowest BCUT2D eigenvalue weighted by atomic mass is 9.98. The predicted octanol–water partition coefficient (Wildman–Crippen LogP) is 4.84. The van der Waals surface area contributed by atoms with Gasteiger partial charge in [0, 0.05) is 24.8 Å². The summed E-state index contributed by atoms with van der Waals surface area (Å²) in [7, 11) is -3.80. The Morgan fingerprint density at radius 1 is 0.950 bits per heavy atom. The number of rotatable bonds is 7. The number of benzene rings is 2. The third-order valence-corrected chi connectivity index (χ3v) is 8.47. The maximum atomic E-state index is 12.8. The van der Waals surface area contributed by atoms with Crippen LogP contribution in [-0.2, 0) is 21.2 Å². The highest BCUT2D eigenvalue weighted by Crippen LogP contribution is 2.30.